The van der Waals surface area contributed by atoms with Gasteiger partial charge >= 0.3 is 0 Å². The number of para-hydroxylation sites is 2. The highest BCUT2D eigenvalue weighted by molar-refractivity contribution is 5.89. The number of hydrogen-bond acceptors (Lipinski definition) is 4. The average Bonchev–Trinajstić information content (AvgIpc) is 2.57. The van der Waals surface area contributed by atoms with Gasteiger partial charge in [-0.3, -0.25) is 0 Å². The van der Waals surface area contributed by atoms with Gasteiger partial charge in [-0.1, -0.05) is 24.3 Å². The van der Waals surface area contributed by atoms with Crippen molar-refractivity contribution in [3.05, 3.63) is 60.2 Å². The molecule has 0 radical (unpaired) electrons. The van der Waals surface area contributed by atoms with E-state index in [-0.39, 0.29) is 5.82 Å². The summed E-state index contributed by atoms with van der Waals surface area (Å²) in [7, 11) is 1.93. The predicted molar refractivity (Wildman–Crippen MR) is 89.2 cm³/mol. The fourth-order valence-electron chi connectivity index (χ4n) is 2.60. The first-order chi connectivity index (χ1) is 11.2. The predicted octanol–water partition coefficient (Wildman–Crippen LogP) is 3.80. The molecule has 1 heterocycles. The van der Waals surface area contributed by atoms with Crippen molar-refractivity contribution in [1.29, 1.82) is 0 Å². The van der Waals surface area contributed by atoms with Crippen LogP contribution in [0.3, 0.4) is 0 Å². The normalized spacial score (nSPS) is 10.7. The van der Waals surface area contributed by atoms with Gasteiger partial charge in [0, 0.05) is 24.5 Å². The summed E-state index contributed by atoms with van der Waals surface area (Å²) < 4.78 is 19.6. The van der Waals surface area contributed by atoms with E-state index >= 15 is 0 Å². The number of ether oxygens (including phenoxy) is 1. The van der Waals surface area contributed by atoms with Crippen LogP contribution < -0.4 is 9.64 Å². The third-order valence-electron chi connectivity index (χ3n) is 3.64. The lowest BCUT2D eigenvalue weighted by Crippen LogP contribution is -2.19. The molecule has 0 fully saturated rings. The molecule has 0 N–H and O–H groups in total. The fraction of sp³-hybridized carbons (Fsp3) is 0.222. The molecule has 0 aliphatic rings. The lowest BCUT2D eigenvalue weighted by Gasteiger charge is -2.21. The monoisotopic (exact) mass is 311 g/mol. The van der Waals surface area contributed by atoms with Crippen LogP contribution in [0.1, 0.15) is 12.5 Å². The van der Waals surface area contributed by atoms with Gasteiger partial charge in [-0.25, -0.2) is 14.4 Å². The Kier molecular flexibility index (Phi) is 4.37. The molecule has 0 amide bonds. The van der Waals surface area contributed by atoms with Gasteiger partial charge in [-0.15, -0.1) is 0 Å². The van der Waals surface area contributed by atoms with Crippen molar-refractivity contribution in [1.82, 2.24) is 9.97 Å². The summed E-state index contributed by atoms with van der Waals surface area (Å²) >= 11 is 0. The number of nitrogens with zero attached hydrogens (tertiary/aromatic N) is 3. The Balaban J connectivity index is 1.96. The molecule has 0 aliphatic carbocycles. The van der Waals surface area contributed by atoms with Crippen molar-refractivity contribution in [2.75, 3.05) is 18.6 Å². The van der Waals surface area contributed by atoms with Crippen molar-refractivity contribution in [3.8, 4) is 5.75 Å². The van der Waals surface area contributed by atoms with E-state index in [2.05, 4.69) is 9.97 Å². The molecule has 5 heteroatoms. The molecule has 0 saturated carbocycles. The van der Waals surface area contributed by atoms with Crippen molar-refractivity contribution < 1.29 is 9.13 Å². The minimum Gasteiger partial charge on any atom is -0.494 e. The minimum atomic E-state index is -0.339. The molecular weight excluding hydrogens is 293 g/mol. The molecule has 0 saturated heterocycles. The third-order valence-corrected chi connectivity index (χ3v) is 3.64. The summed E-state index contributed by atoms with van der Waals surface area (Å²) in [5.41, 5.74) is 1.39. The lowest BCUT2D eigenvalue weighted by molar-refractivity contribution is 0.336. The topological polar surface area (TPSA) is 38.2 Å². The third kappa shape index (κ3) is 3.08. The molecule has 0 unspecified atom stereocenters. The maximum absolute atomic E-state index is 13.9. The van der Waals surface area contributed by atoms with Crippen LogP contribution in [-0.4, -0.2) is 23.6 Å². The highest BCUT2D eigenvalue weighted by Crippen LogP contribution is 2.26. The number of hydrogen-bond donors (Lipinski definition) is 0. The zero-order chi connectivity index (χ0) is 16.2. The number of benzene rings is 2. The Morgan fingerprint density at radius 1 is 1.09 bits per heavy atom. The zero-order valence-corrected chi connectivity index (χ0v) is 13.2. The average molecular weight is 311 g/mol. The van der Waals surface area contributed by atoms with Crippen LogP contribution in [0.2, 0.25) is 0 Å². The molecule has 0 atom stereocenters. The molecule has 23 heavy (non-hydrogen) atoms. The second kappa shape index (κ2) is 6.60. The summed E-state index contributed by atoms with van der Waals surface area (Å²) in [6.07, 6.45) is 1.39. The number of aromatic nitrogens is 2. The van der Waals surface area contributed by atoms with Crippen LogP contribution in [0.25, 0.3) is 10.9 Å². The second-order valence-electron chi connectivity index (χ2n) is 5.23. The summed E-state index contributed by atoms with van der Waals surface area (Å²) in [4.78, 5) is 10.3. The second-order valence-corrected chi connectivity index (χ2v) is 5.23. The molecular formula is C18H18FN3O. The van der Waals surface area contributed by atoms with E-state index in [9.17, 15) is 4.39 Å². The van der Waals surface area contributed by atoms with E-state index in [0.29, 0.717) is 29.9 Å². The van der Waals surface area contributed by atoms with Crippen LogP contribution >= 0.6 is 0 Å². The number of halogens is 1. The lowest BCUT2D eigenvalue weighted by atomic mass is 10.1. The molecule has 0 spiro atoms. The van der Waals surface area contributed by atoms with Crippen LogP contribution in [0.15, 0.2) is 48.8 Å². The number of fused-ring (bicyclic) bond motifs is 1. The Morgan fingerprint density at radius 3 is 2.74 bits per heavy atom. The Hall–Kier alpha value is -2.69. The van der Waals surface area contributed by atoms with Gasteiger partial charge in [0.25, 0.3) is 0 Å². The Bertz CT molecular complexity index is 822. The molecule has 1 aromatic heterocycles. The molecule has 3 aromatic rings. The maximum atomic E-state index is 13.9. The molecule has 118 valence electrons. The van der Waals surface area contributed by atoms with E-state index in [1.807, 2.05) is 49.2 Å². The minimum absolute atomic E-state index is 0.336. The van der Waals surface area contributed by atoms with Crippen molar-refractivity contribution in [2.45, 2.75) is 13.5 Å². The summed E-state index contributed by atoms with van der Waals surface area (Å²) in [5.74, 6) is 1.21. The molecule has 0 bridgehead atoms. The maximum Gasteiger partial charge on any atom is 0.149 e. The zero-order valence-electron chi connectivity index (χ0n) is 13.2. The first kappa shape index (κ1) is 15.2. The van der Waals surface area contributed by atoms with E-state index in [4.69, 9.17) is 4.74 Å². The van der Waals surface area contributed by atoms with E-state index in [0.717, 1.165) is 11.3 Å². The summed E-state index contributed by atoms with van der Waals surface area (Å²) in [6, 6.07) is 12.8. The molecule has 2 aromatic carbocycles. The Morgan fingerprint density at radius 2 is 1.91 bits per heavy atom. The van der Waals surface area contributed by atoms with Gasteiger partial charge in [-0.2, -0.15) is 0 Å². The van der Waals surface area contributed by atoms with E-state index in [1.54, 1.807) is 6.07 Å². The van der Waals surface area contributed by atoms with Gasteiger partial charge in [0.15, 0.2) is 0 Å². The van der Waals surface area contributed by atoms with Crippen LogP contribution in [0.5, 0.6) is 5.75 Å². The fourth-order valence-corrected chi connectivity index (χ4v) is 2.60. The summed E-state index contributed by atoms with van der Waals surface area (Å²) in [5, 5.41) is 0.698. The molecule has 4 nitrogen and oxygen atoms in total. The SMILES string of the molecule is CCOc1ccccc1CN(C)c1ncnc2c(F)cccc12. The van der Waals surface area contributed by atoms with E-state index < -0.39 is 0 Å². The Labute approximate surface area is 134 Å². The van der Waals surface area contributed by atoms with Gasteiger partial charge in [0.1, 0.15) is 29.2 Å². The molecule has 0 aliphatic heterocycles. The van der Waals surface area contributed by atoms with Gasteiger partial charge in [0.05, 0.1) is 6.61 Å². The quantitative estimate of drug-likeness (QED) is 0.718. The highest BCUT2D eigenvalue weighted by Gasteiger charge is 2.13. The van der Waals surface area contributed by atoms with E-state index in [1.165, 1.54) is 12.4 Å². The van der Waals surface area contributed by atoms with Gasteiger partial charge in [-0.05, 0) is 25.1 Å². The van der Waals surface area contributed by atoms with Crippen molar-refractivity contribution in [3.63, 3.8) is 0 Å². The number of anilines is 1. The largest absolute Gasteiger partial charge is 0.494 e. The van der Waals surface area contributed by atoms with Gasteiger partial charge < -0.3 is 9.64 Å². The molecule has 3 rings (SSSR count). The standard InChI is InChI=1S/C18H18FN3O/c1-3-23-16-10-5-4-7-13(16)11-22(2)18-14-8-6-9-15(19)17(14)20-12-21-18/h4-10,12H,3,11H2,1-2H3. The number of rotatable bonds is 5. The van der Waals surface area contributed by atoms with Crippen LogP contribution in [0.4, 0.5) is 10.2 Å². The smallest absolute Gasteiger partial charge is 0.149 e. The van der Waals surface area contributed by atoms with Crippen molar-refractivity contribution >= 4 is 16.7 Å². The van der Waals surface area contributed by atoms with Crippen LogP contribution in [-0.2, 0) is 6.54 Å². The first-order valence-corrected chi connectivity index (χ1v) is 7.51. The van der Waals surface area contributed by atoms with Gasteiger partial charge in [0.2, 0.25) is 0 Å². The highest BCUT2D eigenvalue weighted by atomic mass is 19.1. The van der Waals surface area contributed by atoms with Crippen molar-refractivity contribution in [2.24, 2.45) is 0 Å². The first-order valence-electron chi connectivity index (χ1n) is 7.51. The van der Waals surface area contributed by atoms with Crippen LogP contribution in [0, 0.1) is 5.82 Å². The summed E-state index contributed by atoms with van der Waals surface area (Å²) in [6.45, 7) is 3.18.